The van der Waals surface area contributed by atoms with Gasteiger partial charge in [-0.2, -0.15) is 13.2 Å². The largest absolute Gasteiger partial charge is 0.416 e. The highest BCUT2D eigenvalue weighted by molar-refractivity contribution is 5.80. The average molecular weight is 326 g/mol. The minimum absolute atomic E-state index is 0.0469. The highest BCUT2D eigenvalue weighted by Crippen LogP contribution is 2.43. The van der Waals surface area contributed by atoms with E-state index in [9.17, 15) is 18.0 Å². The summed E-state index contributed by atoms with van der Waals surface area (Å²) in [5.41, 5.74) is -0.721. The van der Waals surface area contributed by atoms with Gasteiger partial charge in [0.2, 0.25) is 5.91 Å². The van der Waals surface area contributed by atoms with Crippen LogP contribution in [0.5, 0.6) is 0 Å². The molecule has 0 bridgehead atoms. The molecule has 1 saturated carbocycles. The lowest BCUT2D eigenvalue weighted by Crippen LogP contribution is -2.54. The molecule has 1 aromatic rings. The van der Waals surface area contributed by atoms with Gasteiger partial charge >= 0.3 is 6.18 Å². The fourth-order valence-electron chi connectivity index (χ4n) is 3.42. The standard InChI is InChI=1S/C17H21F3N2O/c18-17(19,20)14-6-1-5-13(10-14)16(7-3-8-16)22-15(23)12-4-2-9-21-11-12/h1,5-6,10,12,21H,2-4,7-9,11H2,(H,22,23). The van der Waals surface area contributed by atoms with E-state index in [-0.39, 0.29) is 11.8 Å². The average Bonchev–Trinajstić information content (AvgIpc) is 2.51. The molecule has 1 heterocycles. The van der Waals surface area contributed by atoms with Gasteiger partial charge in [0.05, 0.1) is 17.0 Å². The van der Waals surface area contributed by atoms with E-state index in [0.717, 1.165) is 31.9 Å². The molecule has 1 aliphatic heterocycles. The maximum absolute atomic E-state index is 12.9. The van der Waals surface area contributed by atoms with Gasteiger partial charge < -0.3 is 10.6 Å². The first-order chi connectivity index (χ1) is 10.9. The molecule has 0 aromatic heterocycles. The van der Waals surface area contributed by atoms with Gasteiger partial charge in [-0.3, -0.25) is 4.79 Å². The van der Waals surface area contributed by atoms with Crippen LogP contribution in [-0.4, -0.2) is 19.0 Å². The fourth-order valence-corrected chi connectivity index (χ4v) is 3.42. The predicted molar refractivity (Wildman–Crippen MR) is 80.7 cm³/mol. The Balaban J connectivity index is 1.79. The molecule has 1 atom stereocenters. The maximum atomic E-state index is 12.9. The molecule has 1 saturated heterocycles. The summed E-state index contributed by atoms with van der Waals surface area (Å²) >= 11 is 0. The Morgan fingerprint density at radius 1 is 1.26 bits per heavy atom. The van der Waals surface area contributed by atoms with Gasteiger partial charge in [-0.1, -0.05) is 12.1 Å². The maximum Gasteiger partial charge on any atom is 0.416 e. The Hall–Kier alpha value is -1.56. The molecule has 2 aliphatic rings. The van der Waals surface area contributed by atoms with Crippen molar-refractivity contribution in [3.05, 3.63) is 35.4 Å². The van der Waals surface area contributed by atoms with Gasteiger partial charge in [-0.15, -0.1) is 0 Å². The summed E-state index contributed by atoms with van der Waals surface area (Å²) < 4.78 is 38.8. The van der Waals surface area contributed by atoms with Gasteiger partial charge in [0.25, 0.3) is 0 Å². The van der Waals surface area contributed by atoms with Crippen LogP contribution in [0.15, 0.2) is 24.3 Å². The van der Waals surface area contributed by atoms with Crippen molar-refractivity contribution in [2.75, 3.05) is 13.1 Å². The van der Waals surface area contributed by atoms with Crippen molar-refractivity contribution in [3.63, 3.8) is 0 Å². The van der Waals surface area contributed by atoms with Crippen molar-refractivity contribution in [1.29, 1.82) is 0 Å². The summed E-state index contributed by atoms with van der Waals surface area (Å²) in [7, 11) is 0. The van der Waals surface area contributed by atoms with E-state index in [4.69, 9.17) is 0 Å². The lowest BCUT2D eigenvalue weighted by molar-refractivity contribution is -0.137. The number of hydrogen-bond acceptors (Lipinski definition) is 2. The van der Waals surface area contributed by atoms with Crippen LogP contribution < -0.4 is 10.6 Å². The molecular weight excluding hydrogens is 305 g/mol. The van der Waals surface area contributed by atoms with Crippen LogP contribution in [-0.2, 0) is 16.5 Å². The van der Waals surface area contributed by atoms with Gasteiger partial charge in [0, 0.05) is 6.54 Å². The number of piperidine rings is 1. The first-order valence-corrected chi connectivity index (χ1v) is 8.11. The molecule has 2 fully saturated rings. The van der Waals surface area contributed by atoms with Crippen molar-refractivity contribution < 1.29 is 18.0 Å². The molecule has 1 aliphatic carbocycles. The van der Waals surface area contributed by atoms with E-state index >= 15 is 0 Å². The van der Waals surface area contributed by atoms with E-state index < -0.39 is 17.3 Å². The summed E-state index contributed by atoms with van der Waals surface area (Å²) in [5.74, 6) is -0.138. The Kier molecular flexibility index (Phi) is 4.36. The van der Waals surface area contributed by atoms with Crippen molar-refractivity contribution in [2.24, 2.45) is 5.92 Å². The van der Waals surface area contributed by atoms with Gasteiger partial charge in [0.15, 0.2) is 0 Å². The summed E-state index contributed by atoms with van der Waals surface area (Å²) in [4.78, 5) is 12.5. The highest BCUT2D eigenvalue weighted by Gasteiger charge is 2.42. The Bertz CT molecular complexity index is 575. The number of hydrogen-bond donors (Lipinski definition) is 2. The molecule has 3 rings (SSSR count). The van der Waals surface area contributed by atoms with Crippen LogP contribution >= 0.6 is 0 Å². The molecule has 126 valence electrons. The van der Waals surface area contributed by atoms with Crippen LogP contribution in [0.1, 0.15) is 43.2 Å². The number of halogens is 3. The van der Waals surface area contributed by atoms with Crippen LogP contribution in [0.25, 0.3) is 0 Å². The number of carbonyl (C=O) groups is 1. The quantitative estimate of drug-likeness (QED) is 0.895. The minimum atomic E-state index is -4.36. The number of carbonyl (C=O) groups excluding carboxylic acids is 1. The summed E-state index contributed by atoms with van der Waals surface area (Å²) in [5, 5.41) is 6.24. The zero-order valence-electron chi connectivity index (χ0n) is 12.9. The van der Waals surface area contributed by atoms with Crippen LogP contribution in [0, 0.1) is 5.92 Å². The highest BCUT2D eigenvalue weighted by atomic mass is 19.4. The number of rotatable bonds is 3. The minimum Gasteiger partial charge on any atom is -0.346 e. The number of alkyl halides is 3. The molecule has 1 amide bonds. The van der Waals surface area contributed by atoms with E-state index in [1.807, 2.05) is 0 Å². The smallest absolute Gasteiger partial charge is 0.346 e. The third-order valence-electron chi connectivity index (χ3n) is 4.98. The lowest BCUT2D eigenvalue weighted by Gasteiger charge is -2.44. The van der Waals surface area contributed by atoms with Crippen LogP contribution in [0.3, 0.4) is 0 Å². The third-order valence-corrected chi connectivity index (χ3v) is 4.98. The first-order valence-electron chi connectivity index (χ1n) is 8.11. The predicted octanol–water partition coefficient (Wildman–Crippen LogP) is 3.20. The topological polar surface area (TPSA) is 41.1 Å². The monoisotopic (exact) mass is 326 g/mol. The SMILES string of the molecule is O=C(NC1(c2cccc(C(F)(F)F)c2)CCC1)C1CCCNC1. The molecular formula is C17H21F3N2O. The molecule has 3 nitrogen and oxygen atoms in total. The summed E-state index contributed by atoms with van der Waals surface area (Å²) in [6, 6.07) is 5.36. The normalized spacial score (nSPS) is 23.9. The Morgan fingerprint density at radius 3 is 2.61 bits per heavy atom. The Morgan fingerprint density at radius 2 is 2.04 bits per heavy atom. The second-order valence-corrected chi connectivity index (χ2v) is 6.55. The number of benzene rings is 1. The molecule has 1 unspecified atom stereocenters. The number of amides is 1. The van der Waals surface area contributed by atoms with Crippen molar-refractivity contribution in [1.82, 2.24) is 10.6 Å². The zero-order valence-corrected chi connectivity index (χ0v) is 12.9. The second-order valence-electron chi connectivity index (χ2n) is 6.55. The number of nitrogens with one attached hydrogen (secondary N) is 2. The molecule has 0 radical (unpaired) electrons. The van der Waals surface area contributed by atoms with Gasteiger partial charge in [-0.25, -0.2) is 0 Å². The molecule has 1 aromatic carbocycles. The molecule has 6 heteroatoms. The lowest BCUT2D eigenvalue weighted by atomic mass is 9.71. The van der Waals surface area contributed by atoms with E-state index in [0.29, 0.717) is 24.9 Å². The van der Waals surface area contributed by atoms with Crippen LogP contribution in [0.4, 0.5) is 13.2 Å². The van der Waals surface area contributed by atoms with Crippen LogP contribution in [0.2, 0.25) is 0 Å². The van der Waals surface area contributed by atoms with Crippen molar-refractivity contribution in [2.45, 2.75) is 43.8 Å². The summed E-state index contributed by atoms with van der Waals surface area (Å²) in [6.07, 6.45) is -0.274. The molecule has 0 spiro atoms. The van der Waals surface area contributed by atoms with Crippen molar-refractivity contribution in [3.8, 4) is 0 Å². The fraction of sp³-hybridized carbons (Fsp3) is 0.588. The zero-order chi connectivity index (χ0) is 16.5. The molecule has 23 heavy (non-hydrogen) atoms. The third kappa shape index (κ3) is 3.37. The first kappa shape index (κ1) is 16.3. The van der Waals surface area contributed by atoms with Crippen molar-refractivity contribution >= 4 is 5.91 Å². The summed E-state index contributed by atoms with van der Waals surface area (Å²) in [6.45, 7) is 1.56. The van der Waals surface area contributed by atoms with E-state index in [2.05, 4.69) is 10.6 Å². The Labute approximate surface area is 133 Å². The second kappa shape index (κ2) is 6.15. The van der Waals surface area contributed by atoms with Gasteiger partial charge in [0.1, 0.15) is 0 Å². The van der Waals surface area contributed by atoms with E-state index in [1.54, 1.807) is 6.07 Å². The van der Waals surface area contributed by atoms with E-state index in [1.165, 1.54) is 12.1 Å². The van der Waals surface area contributed by atoms with Gasteiger partial charge in [-0.05, 0) is 56.3 Å². The molecule has 2 N–H and O–H groups in total.